The van der Waals surface area contributed by atoms with Gasteiger partial charge in [0.2, 0.25) is 0 Å². The van der Waals surface area contributed by atoms with Crippen molar-refractivity contribution in [3.05, 3.63) is 0 Å². The second-order valence-electron chi connectivity index (χ2n) is 3.76. The summed E-state index contributed by atoms with van der Waals surface area (Å²) in [5, 5.41) is 3.46. The minimum Gasteiger partial charge on any atom is -0.314 e. The summed E-state index contributed by atoms with van der Waals surface area (Å²) in [5.74, 6) is 0. The summed E-state index contributed by atoms with van der Waals surface area (Å²) in [6.45, 7) is 7.36. The van der Waals surface area contributed by atoms with Crippen LogP contribution in [0.15, 0.2) is 0 Å². The van der Waals surface area contributed by atoms with Gasteiger partial charge in [0.15, 0.2) is 0 Å². The van der Waals surface area contributed by atoms with Crippen molar-refractivity contribution in [1.82, 2.24) is 10.2 Å². The van der Waals surface area contributed by atoms with E-state index in [0.717, 1.165) is 0 Å². The van der Waals surface area contributed by atoms with Gasteiger partial charge in [-0.05, 0) is 26.3 Å². The Hall–Kier alpha value is -0.0800. The smallest absolute Gasteiger partial charge is 0.0306 e. The largest absolute Gasteiger partial charge is 0.314 e. The molecule has 2 saturated heterocycles. The Balaban J connectivity index is 2.10. The molecule has 0 aromatic rings. The van der Waals surface area contributed by atoms with Gasteiger partial charge >= 0.3 is 0 Å². The molecule has 0 aromatic heterocycles. The minimum absolute atomic E-state index is 0.512. The van der Waals surface area contributed by atoms with Gasteiger partial charge in [-0.15, -0.1) is 0 Å². The summed E-state index contributed by atoms with van der Waals surface area (Å²) in [5.41, 5.74) is 0.512. The predicted molar refractivity (Wildman–Crippen MR) is 42.1 cm³/mol. The molecule has 1 atom stereocenters. The first-order valence-corrected chi connectivity index (χ1v) is 4.27. The lowest BCUT2D eigenvalue weighted by atomic mass is 9.97. The summed E-state index contributed by atoms with van der Waals surface area (Å²) in [4.78, 5) is 2.63. The lowest BCUT2D eigenvalue weighted by Crippen LogP contribution is -2.55. The van der Waals surface area contributed by atoms with Crippen LogP contribution in [-0.4, -0.2) is 36.6 Å². The van der Waals surface area contributed by atoms with E-state index in [4.69, 9.17) is 0 Å². The number of nitrogens with one attached hydrogen (secondary N) is 1. The van der Waals surface area contributed by atoms with Crippen LogP contribution in [0, 0.1) is 0 Å². The van der Waals surface area contributed by atoms with Gasteiger partial charge in [-0.1, -0.05) is 0 Å². The van der Waals surface area contributed by atoms with E-state index in [2.05, 4.69) is 17.1 Å². The summed E-state index contributed by atoms with van der Waals surface area (Å²) >= 11 is 0. The van der Waals surface area contributed by atoms with Gasteiger partial charge in [0.05, 0.1) is 0 Å². The molecule has 1 unspecified atom stereocenters. The van der Waals surface area contributed by atoms with Crippen LogP contribution in [0.3, 0.4) is 0 Å². The number of piperazine rings is 1. The highest BCUT2D eigenvalue weighted by Gasteiger charge is 2.37. The summed E-state index contributed by atoms with van der Waals surface area (Å²) in [6, 6.07) is 0. The van der Waals surface area contributed by atoms with Gasteiger partial charge in [-0.2, -0.15) is 0 Å². The Morgan fingerprint density at radius 1 is 1.40 bits per heavy atom. The maximum absolute atomic E-state index is 3.46. The van der Waals surface area contributed by atoms with E-state index >= 15 is 0 Å². The Kier molecular flexibility index (Phi) is 1.46. The zero-order valence-corrected chi connectivity index (χ0v) is 6.69. The van der Waals surface area contributed by atoms with E-state index in [1.165, 1.54) is 39.0 Å². The van der Waals surface area contributed by atoms with Crippen LogP contribution < -0.4 is 5.32 Å². The van der Waals surface area contributed by atoms with Crippen molar-refractivity contribution in [3.8, 4) is 0 Å². The molecule has 0 spiro atoms. The lowest BCUT2D eigenvalue weighted by molar-refractivity contribution is 0.122. The highest BCUT2D eigenvalue weighted by atomic mass is 15.3. The quantitative estimate of drug-likeness (QED) is 0.525. The molecular weight excluding hydrogens is 124 g/mol. The minimum atomic E-state index is 0.512. The normalized spacial score (nSPS) is 41.7. The molecule has 2 rings (SSSR count). The van der Waals surface area contributed by atoms with Crippen molar-refractivity contribution in [2.75, 3.05) is 26.2 Å². The number of nitrogens with zero attached hydrogens (tertiary/aromatic N) is 1. The van der Waals surface area contributed by atoms with E-state index in [1.807, 2.05) is 0 Å². The summed E-state index contributed by atoms with van der Waals surface area (Å²) < 4.78 is 0. The molecule has 0 amide bonds. The van der Waals surface area contributed by atoms with E-state index < -0.39 is 0 Å². The maximum Gasteiger partial charge on any atom is 0.0306 e. The van der Waals surface area contributed by atoms with Crippen LogP contribution in [0.5, 0.6) is 0 Å². The number of fused-ring (bicyclic) bond motifs is 1. The molecule has 0 bridgehead atoms. The van der Waals surface area contributed by atoms with Crippen LogP contribution in [-0.2, 0) is 0 Å². The third-order valence-corrected chi connectivity index (χ3v) is 2.97. The van der Waals surface area contributed by atoms with Crippen molar-refractivity contribution in [3.63, 3.8) is 0 Å². The third kappa shape index (κ3) is 0.867. The fourth-order valence-electron chi connectivity index (χ4n) is 2.23. The Bertz CT molecular complexity index is 135. The van der Waals surface area contributed by atoms with E-state index in [-0.39, 0.29) is 0 Å². The van der Waals surface area contributed by atoms with E-state index in [0.29, 0.717) is 5.54 Å². The Labute approximate surface area is 62.6 Å². The van der Waals surface area contributed by atoms with E-state index in [9.17, 15) is 0 Å². The van der Waals surface area contributed by atoms with Crippen LogP contribution in [0.2, 0.25) is 0 Å². The van der Waals surface area contributed by atoms with Crippen molar-refractivity contribution in [2.45, 2.75) is 25.3 Å². The molecule has 58 valence electrons. The van der Waals surface area contributed by atoms with Gasteiger partial charge in [-0.25, -0.2) is 0 Å². The monoisotopic (exact) mass is 140 g/mol. The summed E-state index contributed by atoms with van der Waals surface area (Å²) in [6.07, 6.45) is 2.79. The van der Waals surface area contributed by atoms with Gasteiger partial charge < -0.3 is 5.32 Å². The molecule has 0 aliphatic carbocycles. The van der Waals surface area contributed by atoms with Crippen LogP contribution in [0.1, 0.15) is 19.8 Å². The highest BCUT2D eigenvalue weighted by molar-refractivity contribution is 4.96. The molecule has 0 saturated carbocycles. The molecule has 0 radical (unpaired) electrons. The van der Waals surface area contributed by atoms with Crippen molar-refractivity contribution < 1.29 is 0 Å². The van der Waals surface area contributed by atoms with Crippen LogP contribution in [0.25, 0.3) is 0 Å². The molecule has 2 heterocycles. The van der Waals surface area contributed by atoms with Crippen molar-refractivity contribution in [1.29, 1.82) is 0 Å². The average Bonchev–Trinajstić information content (AvgIpc) is 2.29. The molecule has 2 aliphatic heterocycles. The maximum atomic E-state index is 3.46. The first-order valence-electron chi connectivity index (χ1n) is 4.27. The topological polar surface area (TPSA) is 15.3 Å². The van der Waals surface area contributed by atoms with Crippen molar-refractivity contribution in [2.24, 2.45) is 0 Å². The fourth-order valence-corrected chi connectivity index (χ4v) is 2.23. The Morgan fingerprint density at radius 2 is 2.30 bits per heavy atom. The molecule has 1 N–H and O–H groups in total. The Morgan fingerprint density at radius 3 is 3.10 bits per heavy atom. The second kappa shape index (κ2) is 2.21. The summed E-state index contributed by atoms with van der Waals surface area (Å²) in [7, 11) is 0. The molecule has 10 heavy (non-hydrogen) atoms. The van der Waals surface area contributed by atoms with E-state index in [1.54, 1.807) is 0 Å². The molecular formula is C8H16N2. The zero-order chi connectivity index (χ0) is 7.03. The SMILES string of the molecule is CC12CCCN1CCNC2. The molecule has 2 aliphatic rings. The van der Waals surface area contributed by atoms with Gasteiger partial charge in [0.1, 0.15) is 0 Å². The number of hydrogen-bond donors (Lipinski definition) is 1. The van der Waals surface area contributed by atoms with Gasteiger partial charge in [0, 0.05) is 25.2 Å². The predicted octanol–water partition coefficient (Wildman–Crippen LogP) is 0.444. The average molecular weight is 140 g/mol. The van der Waals surface area contributed by atoms with Crippen LogP contribution >= 0.6 is 0 Å². The first-order chi connectivity index (χ1) is 4.81. The standard InChI is InChI=1S/C8H16N2/c1-8-3-2-5-10(8)6-4-9-7-8/h9H,2-7H2,1H3. The molecule has 2 heteroatoms. The molecule has 0 aromatic carbocycles. The van der Waals surface area contributed by atoms with Crippen molar-refractivity contribution >= 4 is 0 Å². The number of rotatable bonds is 0. The first kappa shape index (κ1) is 6.62. The van der Waals surface area contributed by atoms with Crippen LogP contribution in [0.4, 0.5) is 0 Å². The highest BCUT2D eigenvalue weighted by Crippen LogP contribution is 2.29. The molecule has 2 fully saturated rings. The second-order valence-corrected chi connectivity index (χ2v) is 3.76. The third-order valence-electron chi connectivity index (χ3n) is 2.97. The van der Waals surface area contributed by atoms with Gasteiger partial charge in [-0.3, -0.25) is 4.90 Å². The zero-order valence-electron chi connectivity index (χ0n) is 6.69. The van der Waals surface area contributed by atoms with Gasteiger partial charge in [0.25, 0.3) is 0 Å². The fraction of sp³-hybridized carbons (Fsp3) is 1.00. The lowest BCUT2D eigenvalue weighted by Gasteiger charge is -2.39. The number of hydrogen-bond acceptors (Lipinski definition) is 2. The molecule has 2 nitrogen and oxygen atoms in total.